The van der Waals surface area contributed by atoms with Crippen molar-refractivity contribution in [1.29, 1.82) is 0 Å². The van der Waals surface area contributed by atoms with E-state index < -0.39 is 0 Å². The molecule has 11 heteroatoms. The quantitative estimate of drug-likeness (QED) is 0.189. The molecule has 3 aromatic rings. The van der Waals surface area contributed by atoms with Gasteiger partial charge in [-0.05, 0) is 67.7 Å². The molecule has 0 fully saturated rings. The van der Waals surface area contributed by atoms with Crippen LogP contribution in [0.3, 0.4) is 0 Å². The van der Waals surface area contributed by atoms with E-state index in [-0.39, 0.29) is 36.3 Å². The molecule has 1 aromatic carbocycles. The van der Waals surface area contributed by atoms with Gasteiger partial charge in [-0.3, -0.25) is 19.0 Å². The Morgan fingerprint density at radius 2 is 2.00 bits per heavy atom. The molecule has 0 unspecified atom stereocenters. The number of hydrogen-bond donors (Lipinski definition) is 2. The fourth-order valence-electron chi connectivity index (χ4n) is 4.64. The van der Waals surface area contributed by atoms with Crippen molar-refractivity contribution in [3.05, 3.63) is 57.2 Å². The Bertz CT molecular complexity index is 1430. The molecule has 0 saturated heterocycles. The van der Waals surface area contributed by atoms with E-state index in [0.717, 1.165) is 24.8 Å². The van der Waals surface area contributed by atoms with Crippen LogP contribution in [0.25, 0.3) is 10.2 Å². The van der Waals surface area contributed by atoms with Gasteiger partial charge in [-0.25, -0.2) is 4.98 Å². The van der Waals surface area contributed by atoms with Gasteiger partial charge < -0.3 is 20.1 Å². The summed E-state index contributed by atoms with van der Waals surface area (Å²) in [5.74, 6) is 1.38. The molecule has 39 heavy (non-hydrogen) atoms. The van der Waals surface area contributed by atoms with E-state index in [2.05, 4.69) is 21.7 Å². The first kappa shape index (κ1) is 27.3. The van der Waals surface area contributed by atoms with Crippen LogP contribution in [0.1, 0.15) is 50.5 Å². The number of rotatable bonds is 12. The maximum Gasteiger partial charge on any atom is 0.272 e. The molecule has 2 aliphatic rings. The van der Waals surface area contributed by atoms with Crippen molar-refractivity contribution in [1.82, 2.24) is 20.2 Å². The van der Waals surface area contributed by atoms with Gasteiger partial charge in [0.2, 0.25) is 18.6 Å². The van der Waals surface area contributed by atoms with Crippen LogP contribution in [0.5, 0.6) is 11.5 Å². The minimum absolute atomic E-state index is 0.0782. The fourth-order valence-corrected chi connectivity index (χ4v) is 6.28. The molecule has 2 N–H and O–H groups in total. The summed E-state index contributed by atoms with van der Waals surface area (Å²) in [6.07, 6.45) is 8.65. The summed E-state index contributed by atoms with van der Waals surface area (Å²) in [5, 5.41) is 8.24. The minimum Gasteiger partial charge on any atom is -0.454 e. The second-order valence-corrected chi connectivity index (χ2v) is 11.4. The Morgan fingerprint density at radius 1 is 1.10 bits per heavy atom. The van der Waals surface area contributed by atoms with E-state index in [0.29, 0.717) is 52.9 Å². The van der Waals surface area contributed by atoms with Crippen LogP contribution >= 0.6 is 23.1 Å². The van der Waals surface area contributed by atoms with E-state index in [1.807, 2.05) is 29.6 Å². The molecule has 1 aliphatic heterocycles. The Hall–Kier alpha value is -3.31. The Morgan fingerprint density at radius 3 is 2.87 bits per heavy atom. The van der Waals surface area contributed by atoms with Gasteiger partial charge in [-0.15, -0.1) is 11.3 Å². The lowest BCUT2D eigenvalue weighted by molar-refractivity contribution is -0.121. The molecule has 206 valence electrons. The zero-order valence-electron chi connectivity index (χ0n) is 21.7. The summed E-state index contributed by atoms with van der Waals surface area (Å²) in [4.78, 5) is 42.8. The third-order valence-electron chi connectivity index (χ3n) is 6.73. The van der Waals surface area contributed by atoms with Gasteiger partial charge in [0.15, 0.2) is 16.7 Å². The highest BCUT2D eigenvalue weighted by Gasteiger charge is 2.16. The topological polar surface area (TPSA) is 112 Å². The SMILES string of the molecule is O=C(CCCn1c(SCC(=O)NCCC2=CCCCC2)nc2ccsc2c1=O)NCc1ccc2c(c1)OCO2. The number of hydrogen-bond acceptors (Lipinski definition) is 8. The molecule has 0 spiro atoms. The third kappa shape index (κ3) is 7.21. The lowest BCUT2D eigenvalue weighted by atomic mass is 9.97. The second-order valence-electron chi connectivity index (χ2n) is 9.55. The first-order valence-corrected chi connectivity index (χ1v) is 15.1. The van der Waals surface area contributed by atoms with Crippen molar-refractivity contribution >= 4 is 45.1 Å². The van der Waals surface area contributed by atoms with Gasteiger partial charge >= 0.3 is 0 Å². The lowest BCUT2D eigenvalue weighted by Gasteiger charge is -2.14. The van der Waals surface area contributed by atoms with Crippen LogP contribution in [0.2, 0.25) is 0 Å². The molecule has 0 bridgehead atoms. The fraction of sp³-hybridized carbons (Fsp3) is 0.429. The number of fused-ring (bicyclic) bond motifs is 2. The molecule has 0 saturated carbocycles. The highest BCUT2D eigenvalue weighted by molar-refractivity contribution is 7.99. The first-order valence-electron chi connectivity index (χ1n) is 13.3. The summed E-state index contributed by atoms with van der Waals surface area (Å²) < 4.78 is 12.9. The molecule has 2 aromatic heterocycles. The van der Waals surface area contributed by atoms with Gasteiger partial charge in [-0.1, -0.05) is 29.5 Å². The highest BCUT2D eigenvalue weighted by atomic mass is 32.2. The molecule has 0 atom stereocenters. The van der Waals surface area contributed by atoms with Crippen LogP contribution in [-0.4, -0.2) is 40.5 Å². The molecule has 3 heterocycles. The van der Waals surface area contributed by atoms with E-state index in [9.17, 15) is 14.4 Å². The van der Waals surface area contributed by atoms with E-state index in [4.69, 9.17) is 9.47 Å². The molecular weight excluding hydrogens is 536 g/mol. The van der Waals surface area contributed by atoms with Crippen molar-refractivity contribution < 1.29 is 19.1 Å². The Balaban J connectivity index is 1.13. The van der Waals surface area contributed by atoms with Crippen molar-refractivity contribution in [3.8, 4) is 11.5 Å². The van der Waals surface area contributed by atoms with Crippen molar-refractivity contribution in [2.45, 2.75) is 63.2 Å². The molecule has 5 rings (SSSR count). The predicted octanol–water partition coefficient (Wildman–Crippen LogP) is 4.38. The average Bonchev–Trinajstić information content (AvgIpc) is 3.62. The van der Waals surface area contributed by atoms with Gasteiger partial charge in [0, 0.05) is 26.1 Å². The Kier molecular flexibility index (Phi) is 9.20. The molecular formula is C28H32N4O5S2. The zero-order valence-corrected chi connectivity index (χ0v) is 23.3. The predicted molar refractivity (Wildman–Crippen MR) is 152 cm³/mol. The molecule has 2 amide bonds. The highest BCUT2D eigenvalue weighted by Crippen LogP contribution is 2.32. The summed E-state index contributed by atoms with van der Waals surface area (Å²) in [6, 6.07) is 7.40. The standard InChI is InChI=1S/C28H32N4O5S2/c33-24(30-16-20-8-9-22-23(15-20)37-18-36-22)7-4-13-32-27(35)26-21(11-14-38-26)31-28(32)39-17-25(34)29-12-10-19-5-2-1-3-6-19/h5,8-9,11,14-15H,1-4,6-7,10,12-13,16-18H2,(H,29,34)(H,30,33). The average molecular weight is 569 g/mol. The monoisotopic (exact) mass is 568 g/mol. The van der Waals surface area contributed by atoms with E-state index in [1.54, 1.807) is 4.57 Å². The Labute approximate surface area is 235 Å². The summed E-state index contributed by atoms with van der Waals surface area (Å²) in [6.45, 7) is 1.55. The number of benzene rings is 1. The van der Waals surface area contributed by atoms with Crippen molar-refractivity contribution in [2.75, 3.05) is 19.1 Å². The van der Waals surface area contributed by atoms with Crippen molar-refractivity contribution in [2.24, 2.45) is 0 Å². The second kappa shape index (κ2) is 13.2. The number of carbonyl (C=O) groups is 2. The van der Waals surface area contributed by atoms with Crippen LogP contribution in [-0.2, 0) is 22.7 Å². The maximum atomic E-state index is 13.2. The van der Waals surface area contributed by atoms with Gasteiger partial charge in [0.05, 0.1) is 11.3 Å². The van der Waals surface area contributed by atoms with E-state index in [1.165, 1.54) is 41.5 Å². The smallest absolute Gasteiger partial charge is 0.272 e. The molecule has 0 radical (unpaired) electrons. The number of carbonyl (C=O) groups excluding carboxylic acids is 2. The number of thioether (sulfide) groups is 1. The number of amides is 2. The number of ether oxygens (including phenoxy) is 2. The van der Waals surface area contributed by atoms with E-state index >= 15 is 0 Å². The maximum absolute atomic E-state index is 13.2. The van der Waals surface area contributed by atoms with Crippen LogP contribution in [0, 0.1) is 0 Å². The summed E-state index contributed by atoms with van der Waals surface area (Å²) in [7, 11) is 0. The third-order valence-corrected chi connectivity index (χ3v) is 8.60. The van der Waals surface area contributed by atoms with Crippen LogP contribution in [0.4, 0.5) is 0 Å². The van der Waals surface area contributed by atoms with Gasteiger partial charge in [0.25, 0.3) is 5.56 Å². The molecule has 9 nitrogen and oxygen atoms in total. The minimum atomic E-state index is -0.136. The zero-order chi connectivity index (χ0) is 27.0. The van der Waals surface area contributed by atoms with Crippen LogP contribution < -0.4 is 25.7 Å². The van der Waals surface area contributed by atoms with Crippen molar-refractivity contribution in [3.63, 3.8) is 0 Å². The molecule has 1 aliphatic carbocycles. The summed E-state index contributed by atoms with van der Waals surface area (Å²) >= 11 is 2.61. The first-order chi connectivity index (χ1) is 19.1. The lowest BCUT2D eigenvalue weighted by Crippen LogP contribution is -2.28. The van der Waals surface area contributed by atoms with Gasteiger partial charge in [0.1, 0.15) is 4.70 Å². The number of nitrogens with one attached hydrogen (secondary N) is 2. The normalized spacial score (nSPS) is 14.3. The van der Waals surface area contributed by atoms with Gasteiger partial charge in [-0.2, -0.15) is 0 Å². The number of allylic oxidation sites excluding steroid dienone is 1. The number of thiophene rings is 1. The number of aromatic nitrogens is 2. The number of nitrogens with zero attached hydrogens (tertiary/aromatic N) is 2. The van der Waals surface area contributed by atoms with Crippen LogP contribution in [0.15, 0.2) is 51.2 Å². The largest absolute Gasteiger partial charge is 0.454 e. The summed E-state index contributed by atoms with van der Waals surface area (Å²) in [5.41, 5.74) is 2.84.